The molecule has 20 heavy (non-hydrogen) atoms. The van der Waals surface area contributed by atoms with Crippen molar-refractivity contribution < 1.29 is 14.3 Å². The zero-order chi connectivity index (χ0) is 14.0. The molecule has 0 unspecified atom stereocenters. The molecule has 2 heterocycles. The highest BCUT2D eigenvalue weighted by Gasteiger charge is 2.35. The van der Waals surface area contributed by atoms with Crippen LogP contribution < -0.4 is 0 Å². The van der Waals surface area contributed by atoms with Crippen LogP contribution in [0.25, 0.3) is 0 Å². The van der Waals surface area contributed by atoms with Crippen molar-refractivity contribution >= 4 is 5.91 Å². The van der Waals surface area contributed by atoms with Crippen LogP contribution in [0.5, 0.6) is 0 Å². The third-order valence-corrected chi connectivity index (χ3v) is 3.92. The molecule has 0 radical (unpaired) electrons. The molecule has 1 saturated heterocycles. The summed E-state index contributed by atoms with van der Waals surface area (Å²) in [6.07, 6.45) is 2.59. The number of carbonyl (C=O) groups excluding carboxylic acids is 1. The van der Waals surface area contributed by atoms with Crippen molar-refractivity contribution in [3.05, 3.63) is 60.1 Å². The number of aliphatic hydroxyl groups is 1. The van der Waals surface area contributed by atoms with Gasteiger partial charge in [-0.2, -0.15) is 0 Å². The maximum Gasteiger partial charge on any atom is 0.289 e. The summed E-state index contributed by atoms with van der Waals surface area (Å²) in [6, 6.07) is 13.0. The molecule has 1 aromatic carbocycles. The average molecular weight is 271 g/mol. The summed E-state index contributed by atoms with van der Waals surface area (Å²) >= 11 is 0. The maximum atomic E-state index is 12.2. The van der Waals surface area contributed by atoms with Crippen molar-refractivity contribution in [2.24, 2.45) is 0 Å². The lowest BCUT2D eigenvalue weighted by atomic mass is 9.84. The van der Waals surface area contributed by atoms with E-state index in [0.717, 1.165) is 5.56 Å². The van der Waals surface area contributed by atoms with Gasteiger partial charge in [0.15, 0.2) is 5.76 Å². The molecule has 1 aromatic heterocycles. The Morgan fingerprint density at radius 3 is 2.40 bits per heavy atom. The second-order valence-corrected chi connectivity index (χ2v) is 5.17. The van der Waals surface area contributed by atoms with Gasteiger partial charge >= 0.3 is 0 Å². The third kappa shape index (κ3) is 2.34. The van der Waals surface area contributed by atoms with Crippen LogP contribution in [0.1, 0.15) is 29.0 Å². The topological polar surface area (TPSA) is 53.7 Å². The Morgan fingerprint density at radius 1 is 1.10 bits per heavy atom. The van der Waals surface area contributed by atoms with Crippen LogP contribution in [0.3, 0.4) is 0 Å². The summed E-state index contributed by atoms with van der Waals surface area (Å²) < 4.78 is 5.13. The van der Waals surface area contributed by atoms with E-state index in [2.05, 4.69) is 0 Å². The van der Waals surface area contributed by atoms with Crippen molar-refractivity contribution in [1.82, 2.24) is 4.90 Å². The first kappa shape index (κ1) is 12.9. The Morgan fingerprint density at radius 2 is 1.80 bits per heavy atom. The Bertz CT molecular complexity index is 569. The van der Waals surface area contributed by atoms with Gasteiger partial charge in [0, 0.05) is 13.1 Å². The van der Waals surface area contributed by atoms with E-state index in [-0.39, 0.29) is 5.91 Å². The van der Waals surface area contributed by atoms with E-state index < -0.39 is 5.60 Å². The number of likely N-dealkylation sites (tertiary alicyclic amines) is 1. The van der Waals surface area contributed by atoms with Crippen LogP contribution in [0.15, 0.2) is 53.1 Å². The summed E-state index contributed by atoms with van der Waals surface area (Å²) in [7, 11) is 0. The number of rotatable bonds is 2. The van der Waals surface area contributed by atoms with Crippen LogP contribution in [-0.2, 0) is 5.60 Å². The first-order chi connectivity index (χ1) is 9.69. The number of benzene rings is 1. The minimum atomic E-state index is -0.832. The number of hydrogen-bond acceptors (Lipinski definition) is 3. The van der Waals surface area contributed by atoms with Gasteiger partial charge in [0.25, 0.3) is 5.91 Å². The van der Waals surface area contributed by atoms with E-state index in [1.54, 1.807) is 17.0 Å². The first-order valence-corrected chi connectivity index (χ1v) is 6.80. The molecular weight excluding hydrogens is 254 g/mol. The van der Waals surface area contributed by atoms with Crippen molar-refractivity contribution in [1.29, 1.82) is 0 Å². The smallest absolute Gasteiger partial charge is 0.289 e. The van der Waals surface area contributed by atoms with Crippen LogP contribution in [-0.4, -0.2) is 29.0 Å². The van der Waals surface area contributed by atoms with Gasteiger partial charge < -0.3 is 14.4 Å². The zero-order valence-corrected chi connectivity index (χ0v) is 11.2. The molecule has 104 valence electrons. The van der Waals surface area contributed by atoms with Crippen molar-refractivity contribution in [3.63, 3.8) is 0 Å². The number of carbonyl (C=O) groups is 1. The van der Waals surface area contributed by atoms with Crippen molar-refractivity contribution in [2.75, 3.05) is 13.1 Å². The number of hydrogen-bond donors (Lipinski definition) is 1. The van der Waals surface area contributed by atoms with Crippen molar-refractivity contribution in [3.8, 4) is 0 Å². The molecule has 0 aliphatic carbocycles. The molecular formula is C16H17NO3. The Labute approximate surface area is 117 Å². The van der Waals surface area contributed by atoms with Gasteiger partial charge in [0.1, 0.15) is 0 Å². The van der Waals surface area contributed by atoms with E-state index in [0.29, 0.717) is 31.7 Å². The van der Waals surface area contributed by atoms with Crippen LogP contribution >= 0.6 is 0 Å². The lowest BCUT2D eigenvalue weighted by Crippen LogP contribution is -2.45. The molecule has 0 atom stereocenters. The molecule has 4 heteroatoms. The number of furan rings is 1. The predicted molar refractivity (Wildman–Crippen MR) is 74.2 cm³/mol. The zero-order valence-electron chi connectivity index (χ0n) is 11.2. The molecule has 2 aromatic rings. The van der Waals surface area contributed by atoms with Crippen LogP contribution in [0.2, 0.25) is 0 Å². The van der Waals surface area contributed by atoms with Gasteiger partial charge in [-0.3, -0.25) is 4.79 Å². The van der Waals surface area contributed by atoms with E-state index >= 15 is 0 Å². The highest BCUT2D eigenvalue weighted by Crippen LogP contribution is 2.33. The van der Waals surface area contributed by atoms with Gasteiger partial charge in [-0.15, -0.1) is 0 Å². The molecule has 4 nitrogen and oxygen atoms in total. The van der Waals surface area contributed by atoms with E-state index in [1.165, 1.54) is 6.26 Å². The van der Waals surface area contributed by atoms with Gasteiger partial charge in [-0.25, -0.2) is 0 Å². The molecule has 1 aliphatic rings. The second-order valence-electron chi connectivity index (χ2n) is 5.17. The fraction of sp³-hybridized carbons (Fsp3) is 0.312. The predicted octanol–water partition coefficient (Wildman–Crippen LogP) is 2.40. The fourth-order valence-corrected chi connectivity index (χ4v) is 2.67. The first-order valence-electron chi connectivity index (χ1n) is 6.80. The molecule has 1 amide bonds. The summed E-state index contributed by atoms with van der Waals surface area (Å²) in [5.41, 5.74) is 0.0892. The van der Waals surface area contributed by atoms with E-state index in [9.17, 15) is 9.90 Å². The van der Waals surface area contributed by atoms with Crippen LogP contribution in [0, 0.1) is 0 Å². The molecule has 1 N–H and O–H groups in total. The molecule has 0 saturated carbocycles. The summed E-state index contributed by atoms with van der Waals surface area (Å²) in [5.74, 6) is 0.250. The highest BCUT2D eigenvalue weighted by molar-refractivity contribution is 5.91. The van der Waals surface area contributed by atoms with Crippen LogP contribution in [0.4, 0.5) is 0 Å². The quantitative estimate of drug-likeness (QED) is 0.912. The van der Waals surface area contributed by atoms with E-state index in [4.69, 9.17) is 4.42 Å². The molecule has 0 bridgehead atoms. The fourth-order valence-electron chi connectivity index (χ4n) is 2.67. The minimum Gasteiger partial charge on any atom is -0.459 e. The third-order valence-electron chi connectivity index (χ3n) is 3.92. The largest absolute Gasteiger partial charge is 0.459 e. The van der Waals surface area contributed by atoms with Gasteiger partial charge in [0.2, 0.25) is 0 Å². The van der Waals surface area contributed by atoms with Gasteiger partial charge in [0.05, 0.1) is 11.9 Å². The molecule has 3 rings (SSSR count). The Kier molecular flexibility index (Phi) is 3.32. The SMILES string of the molecule is O=C(c1ccco1)N1CCC(O)(c2ccccc2)CC1. The Hall–Kier alpha value is -2.07. The van der Waals surface area contributed by atoms with Gasteiger partial charge in [-0.1, -0.05) is 30.3 Å². The second kappa shape index (κ2) is 5.13. The number of nitrogens with zero attached hydrogens (tertiary/aromatic N) is 1. The molecule has 1 fully saturated rings. The number of piperidine rings is 1. The lowest BCUT2D eigenvalue weighted by molar-refractivity contribution is -0.0217. The van der Waals surface area contributed by atoms with E-state index in [1.807, 2.05) is 30.3 Å². The average Bonchev–Trinajstić information content (AvgIpc) is 3.02. The molecule has 0 spiro atoms. The molecule has 1 aliphatic heterocycles. The minimum absolute atomic E-state index is 0.106. The maximum absolute atomic E-state index is 12.2. The summed E-state index contributed by atoms with van der Waals surface area (Å²) in [4.78, 5) is 13.9. The summed E-state index contributed by atoms with van der Waals surface area (Å²) in [5, 5.41) is 10.7. The Balaban J connectivity index is 1.69. The lowest BCUT2D eigenvalue weighted by Gasteiger charge is -2.38. The van der Waals surface area contributed by atoms with Gasteiger partial charge in [-0.05, 0) is 30.5 Å². The summed E-state index contributed by atoms with van der Waals surface area (Å²) in [6.45, 7) is 1.07. The normalized spacial score (nSPS) is 17.9. The number of amides is 1. The monoisotopic (exact) mass is 271 g/mol. The standard InChI is InChI=1S/C16H17NO3/c18-15(14-7-4-12-20-14)17-10-8-16(19,9-11-17)13-5-2-1-3-6-13/h1-7,12,19H,8-11H2. The highest BCUT2D eigenvalue weighted by atomic mass is 16.3. The van der Waals surface area contributed by atoms with Crippen molar-refractivity contribution in [2.45, 2.75) is 18.4 Å².